The highest BCUT2D eigenvalue weighted by molar-refractivity contribution is 5.74. The number of ether oxygens (including phenoxy) is 2. The highest BCUT2D eigenvalue weighted by Crippen LogP contribution is 2.27. The van der Waals surface area contributed by atoms with Crippen LogP contribution in [0.2, 0.25) is 0 Å². The van der Waals surface area contributed by atoms with Crippen molar-refractivity contribution in [3.05, 3.63) is 0 Å². The highest BCUT2D eigenvalue weighted by Gasteiger charge is 2.36. The molecule has 0 aromatic heterocycles. The molecule has 0 radical (unpaired) electrons. The first-order valence-corrected chi connectivity index (χ1v) is 6.82. The minimum absolute atomic E-state index is 0.00416. The van der Waals surface area contributed by atoms with Crippen LogP contribution in [0.5, 0.6) is 0 Å². The van der Waals surface area contributed by atoms with Gasteiger partial charge in [0.1, 0.15) is 0 Å². The van der Waals surface area contributed by atoms with Crippen molar-refractivity contribution in [1.82, 2.24) is 0 Å². The third-order valence-corrected chi connectivity index (χ3v) is 3.37. The smallest absolute Gasteiger partial charge is 0.309 e. The van der Waals surface area contributed by atoms with Gasteiger partial charge in [-0.05, 0) is 12.8 Å². The molecule has 0 aromatic carbocycles. The molecule has 5 nitrogen and oxygen atoms in total. The van der Waals surface area contributed by atoms with Crippen molar-refractivity contribution in [3.8, 4) is 6.07 Å². The van der Waals surface area contributed by atoms with E-state index in [4.69, 9.17) is 14.7 Å². The van der Waals surface area contributed by atoms with E-state index < -0.39 is 0 Å². The molecule has 0 N–H and O–H groups in total. The van der Waals surface area contributed by atoms with Crippen molar-refractivity contribution in [3.63, 3.8) is 0 Å². The number of carbonyl (C=O) groups excluding carboxylic acids is 2. The third-order valence-electron chi connectivity index (χ3n) is 3.37. The van der Waals surface area contributed by atoms with Crippen molar-refractivity contribution < 1.29 is 19.1 Å². The standard InChI is InChI=1S/C14H21NO4/c1-11(16)18-9-12-10-19-14(17)13(12)7-5-3-2-4-6-8-15/h12-13H,2-7,9-10H2,1H3/t12-,13+/m0/s1. The average molecular weight is 267 g/mol. The molecule has 0 amide bonds. The molecule has 0 spiro atoms. The van der Waals surface area contributed by atoms with Crippen molar-refractivity contribution in [1.29, 1.82) is 5.26 Å². The topological polar surface area (TPSA) is 76.4 Å². The number of carbonyl (C=O) groups is 2. The van der Waals surface area contributed by atoms with E-state index in [2.05, 4.69) is 6.07 Å². The summed E-state index contributed by atoms with van der Waals surface area (Å²) < 4.78 is 9.99. The minimum Gasteiger partial charge on any atom is -0.465 e. The average Bonchev–Trinajstić information content (AvgIpc) is 2.72. The fourth-order valence-corrected chi connectivity index (χ4v) is 2.27. The molecule has 0 aliphatic carbocycles. The number of cyclic esters (lactones) is 1. The Kier molecular flexibility index (Phi) is 6.94. The maximum absolute atomic E-state index is 11.6. The molecule has 1 saturated heterocycles. The Labute approximate surface area is 113 Å². The number of hydrogen-bond donors (Lipinski definition) is 0. The third kappa shape index (κ3) is 5.73. The molecule has 2 atom stereocenters. The summed E-state index contributed by atoms with van der Waals surface area (Å²) in [7, 11) is 0. The SMILES string of the molecule is CC(=O)OC[C@H]1COC(=O)[C@@H]1CCCCCCC#N. The Morgan fingerprint density at radius 2 is 2.16 bits per heavy atom. The minimum atomic E-state index is -0.324. The van der Waals surface area contributed by atoms with Crippen molar-refractivity contribution in [2.75, 3.05) is 13.2 Å². The van der Waals surface area contributed by atoms with Crippen LogP contribution in [0.1, 0.15) is 45.4 Å². The van der Waals surface area contributed by atoms with Gasteiger partial charge < -0.3 is 9.47 Å². The van der Waals surface area contributed by atoms with Crippen LogP contribution in [0.3, 0.4) is 0 Å². The molecular formula is C14H21NO4. The normalized spacial score (nSPS) is 21.8. The maximum atomic E-state index is 11.6. The quantitative estimate of drug-likeness (QED) is 0.497. The fraction of sp³-hybridized carbons (Fsp3) is 0.786. The molecule has 0 bridgehead atoms. The first kappa shape index (κ1) is 15.5. The van der Waals surface area contributed by atoms with Gasteiger partial charge in [-0.1, -0.05) is 19.3 Å². The summed E-state index contributed by atoms with van der Waals surface area (Å²) in [4.78, 5) is 22.4. The van der Waals surface area contributed by atoms with Gasteiger partial charge in [0.2, 0.25) is 0 Å². The summed E-state index contributed by atoms with van der Waals surface area (Å²) in [6, 6.07) is 2.12. The maximum Gasteiger partial charge on any atom is 0.309 e. The van der Waals surface area contributed by atoms with Crippen molar-refractivity contribution in [2.45, 2.75) is 45.4 Å². The van der Waals surface area contributed by atoms with Crippen LogP contribution in [0.15, 0.2) is 0 Å². The van der Waals surface area contributed by atoms with E-state index in [1.807, 2.05) is 0 Å². The molecule has 0 aromatic rings. The zero-order valence-corrected chi connectivity index (χ0v) is 11.4. The predicted molar refractivity (Wildman–Crippen MR) is 67.9 cm³/mol. The first-order chi connectivity index (χ1) is 9.15. The van der Waals surface area contributed by atoms with E-state index in [9.17, 15) is 9.59 Å². The van der Waals surface area contributed by atoms with Gasteiger partial charge in [-0.25, -0.2) is 0 Å². The number of nitrogens with zero attached hydrogens (tertiary/aromatic N) is 1. The molecule has 5 heteroatoms. The molecule has 1 rings (SSSR count). The molecule has 0 unspecified atom stereocenters. The monoisotopic (exact) mass is 267 g/mol. The Bertz CT molecular complexity index is 348. The molecule has 1 aliphatic heterocycles. The number of nitriles is 1. The van der Waals surface area contributed by atoms with Gasteiger partial charge in [-0.3, -0.25) is 9.59 Å². The van der Waals surface area contributed by atoms with Gasteiger partial charge in [0.25, 0.3) is 0 Å². The molecule has 0 saturated carbocycles. The number of esters is 2. The van der Waals surface area contributed by atoms with E-state index >= 15 is 0 Å². The van der Waals surface area contributed by atoms with Gasteiger partial charge in [-0.15, -0.1) is 0 Å². The Hall–Kier alpha value is -1.57. The Morgan fingerprint density at radius 3 is 2.84 bits per heavy atom. The summed E-state index contributed by atoms with van der Waals surface area (Å²) in [5, 5.41) is 8.42. The van der Waals surface area contributed by atoms with Gasteiger partial charge >= 0.3 is 11.9 Å². The summed E-state index contributed by atoms with van der Waals surface area (Å²) in [6.45, 7) is 1.98. The van der Waals surface area contributed by atoms with Gasteiger partial charge in [0.15, 0.2) is 0 Å². The molecule has 1 aliphatic rings. The van der Waals surface area contributed by atoms with Gasteiger partial charge in [0.05, 0.1) is 25.2 Å². The van der Waals surface area contributed by atoms with Crippen LogP contribution in [0.4, 0.5) is 0 Å². The van der Waals surface area contributed by atoms with Gasteiger partial charge in [-0.2, -0.15) is 5.26 Å². The molecule has 19 heavy (non-hydrogen) atoms. The lowest BCUT2D eigenvalue weighted by Crippen LogP contribution is -2.21. The highest BCUT2D eigenvalue weighted by atomic mass is 16.6. The lowest BCUT2D eigenvalue weighted by molar-refractivity contribution is -0.144. The van der Waals surface area contributed by atoms with Crippen LogP contribution in [-0.2, 0) is 19.1 Å². The van der Waals surface area contributed by atoms with E-state index in [1.54, 1.807) is 0 Å². The van der Waals surface area contributed by atoms with E-state index in [0.29, 0.717) is 13.0 Å². The molecule has 1 heterocycles. The predicted octanol–water partition coefficient (Wildman–Crippen LogP) is 2.20. The number of rotatable bonds is 8. The fourth-order valence-electron chi connectivity index (χ4n) is 2.27. The summed E-state index contributed by atoms with van der Waals surface area (Å²) in [5.41, 5.74) is 0. The molecular weight excluding hydrogens is 246 g/mol. The zero-order valence-electron chi connectivity index (χ0n) is 11.4. The van der Waals surface area contributed by atoms with Crippen LogP contribution in [0, 0.1) is 23.2 Å². The number of unbranched alkanes of at least 4 members (excludes halogenated alkanes) is 4. The second-order valence-electron chi connectivity index (χ2n) is 4.91. The van der Waals surface area contributed by atoms with Crippen molar-refractivity contribution >= 4 is 11.9 Å². The molecule has 106 valence electrons. The summed E-state index contributed by atoms with van der Waals surface area (Å²) >= 11 is 0. The van der Waals surface area contributed by atoms with Gasteiger partial charge in [0, 0.05) is 19.3 Å². The Balaban J connectivity index is 2.22. The van der Waals surface area contributed by atoms with Crippen LogP contribution in [-0.4, -0.2) is 25.2 Å². The second kappa shape index (κ2) is 8.52. The molecule has 1 fully saturated rings. The zero-order chi connectivity index (χ0) is 14.1. The van der Waals surface area contributed by atoms with E-state index in [-0.39, 0.29) is 30.4 Å². The second-order valence-corrected chi connectivity index (χ2v) is 4.91. The lowest BCUT2D eigenvalue weighted by Gasteiger charge is -2.14. The summed E-state index contributed by atoms with van der Waals surface area (Å²) in [6.07, 6.45) is 5.28. The Morgan fingerprint density at radius 1 is 1.42 bits per heavy atom. The van der Waals surface area contributed by atoms with Crippen LogP contribution in [0.25, 0.3) is 0 Å². The number of hydrogen-bond acceptors (Lipinski definition) is 5. The summed E-state index contributed by atoms with van der Waals surface area (Å²) in [5.74, 6) is -0.644. The lowest BCUT2D eigenvalue weighted by atomic mass is 9.90. The van der Waals surface area contributed by atoms with Crippen molar-refractivity contribution in [2.24, 2.45) is 11.8 Å². The largest absolute Gasteiger partial charge is 0.465 e. The van der Waals surface area contributed by atoms with Crippen LogP contribution < -0.4 is 0 Å². The van der Waals surface area contributed by atoms with E-state index in [1.165, 1.54) is 6.92 Å². The van der Waals surface area contributed by atoms with E-state index in [0.717, 1.165) is 32.1 Å². The first-order valence-electron chi connectivity index (χ1n) is 6.82. The van der Waals surface area contributed by atoms with Crippen LogP contribution >= 0.6 is 0 Å².